The molecular formula is C27H25N4O11S2. The minimum Gasteiger partial charge on any atom is -0.461 e. The SMILES string of the molecule is C[CH]OC(=O)C1=NN(c2ccc(S(=O)(=O)O)cc2)C(=O)C1CC=Cc1cn(-c2ccc(S(=O)(=O)O)cc2)nc1C(=O)OCC. The monoisotopic (exact) mass is 645 g/mol. The van der Waals surface area contributed by atoms with E-state index >= 15 is 0 Å². The van der Waals surface area contributed by atoms with Crippen LogP contribution in [-0.4, -0.2) is 65.9 Å². The molecule has 4 rings (SSSR count). The van der Waals surface area contributed by atoms with Crippen molar-refractivity contribution in [1.29, 1.82) is 0 Å². The Balaban J connectivity index is 1.63. The lowest BCUT2D eigenvalue weighted by atomic mass is 9.98. The predicted octanol–water partition coefficient (Wildman–Crippen LogP) is 2.69. The van der Waals surface area contributed by atoms with Crippen molar-refractivity contribution in [3.8, 4) is 5.69 Å². The van der Waals surface area contributed by atoms with Crippen LogP contribution in [0.5, 0.6) is 0 Å². The molecule has 1 aliphatic rings. The molecule has 1 aromatic heterocycles. The number of anilines is 1. The Morgan fingerprint density at radius 3 is 2.02 bits per heavy atom. The summed E-state index contributed by atoms with van der Waals surface area (Å²) in [4.78, 5) is 37.9. The van der Waals surface area contributed by atoms with Gasteiger partial charge in [-0.1, -0.05) is 12.2 Å². The molecular weight excluding hydrogens is 620 g/mol. The van der Waals surface area contributed by atoms with Gasteiger partial charge in [0.2, 0.25) is 0 Å². The van der Waals surface area contributed by atoms with Crippen molar-refractivity contribution in [3.05, 3.63) is 78.7 Å². The zero-order valence-electron chi connectivity index (χ0n) is 23.1. The average Bonchev–Trinajstić information content (AvgIpc) is 3.54. The van der Waals surface area contributed by atoms with Crippen LogP contribution in [-0.2, 0) is 39.3 Å². The molecule has 2 N–H and O–H groups in total. The molecule has 17 heteroatoms. The second kappa shape index (κ2) is 12.9. The summed E-state index contributed by atoms with van der Waals surface area (Å²) in [5.74, 6) is -3.38. The first-order valence-corrected chi connectivity index (χ1v) is 15.6. The van der Waals surface area contributed by atoms with Crippen LogP contribution in [0, 0.1) is 12.5 Å². The number of allylic oxidation sites excluding steroid dienone is 1. The van der Waals surface area contributed by atoms with E-state index in [9.17, 15) is 40.3 Å². The van der Waals surface area contributed by atoms with Gasteiger partial charge in [-0.3, -0.25) is 13.9 Å². The van der Waals surface area contributed by atoms with E-state index < -0.39 is 48.9 Å². The first-order chi connectivity index (χ1) is 20.7. The highest BCUT2D eigenvalue weighted by molar-refractivity contribution is 7.86. The molecule has 0 aliphatic carbocycles. The van der Waals surface area contributed by atoms with Crippen molar-refractivity contribution in [2.45, 2.75) is 30.1 Å². The standard InChI is InChI=1S/C27H25N4O11S2/c1-3-41-26(33)23-17(16-30(28-23)18-8-12-20(13-9-18)43(35,36)37)6-5-7-22-24(27(34)42-4-2)29-31(25(22)32)19-10-14-21(15-11-19)44(38,39)40/h4-6,8-16,22H,3,7H2,1-2H3,(H,35,36,37)(H,38,39,40). The summed E-state index contributed by atoms with van der Waals surface area (Å²) in [5.41, 5.74) is 0.446. The van der Waals surface area contributed by atoms with Gasteiger partial charge in [-0.15, -0.1) is 0 Å². The van der Waals surface area contributed by atoms with Crippen molar-refractivity contribution in [2.75, 3.05) is 11.6 Å². The third-order valence-electron chi connectivity index (χ3n) is 6.14. The molecule has 231 valence electrons. The van der Waals surface area contributed by atoms with Crippen LogP contribution in [0.25, 0.3) is 11.8 Å². The molecule has 0 saturated heterocycles. The minimum absolute atomic E-state index is 0.0614. The molecule has 1 atom stereocenters. The van der Waals surface area contributed by atoms with Crippen LogP contribution in [0.1, 0.15) is 36.3 Å². The number of carbonyl (C=O) groups excluding carboxylic acids is 3. The lowest BCUT2D eigenvalue weighted by molar-refractivity contribution is -0.133. The molecule has 0 bridgehead atoms. The van der Waals surface area contributed by atoms with Crippen molar-refractivity contribution >= 4 is 55.6 Å². The maximum atomic E-state index is 13.3. The fourth-order valence-electron chi connectivity index (χ4n) is 4.10. The lowest BCUT2D eigenvalue weighted by Crippen LogP contribution is -2.30. The third-order valence-corrected chi connectivity index (χ3v) is 7.87. The zero-order chi connectivity index (χ0) is 32.2. The Bertz CT molecular complexity index is 1860. The predicted molar refractivity (Wildman–Crippen MR) is 154 cm³/mol. The van der Waals surface area contributed by atoms with Gasteiger partial charge in [-0.05, 0) is 68.8 Å². The molecule has 0 fully saturated rings. The number of rotatable bonds is 11. The lowest BCUT2D eigenvalue weighted by Gasteiger charge is -2.13. The number of amides is 1. The quantitative estimate of drug-likeness (QED) is 0.228. The number of hydrogen-bond donors (Lipinski definition) is 2. The van der Waals surface area contributed by atoms with Crippen LogP contribution < -0.4 is 5.01 Å². The van der Waals surface area contributed by atoms with Crippen molar-refractivity contribution in [3.63, 3.8) is 0 Å². The van der Waals surface area contributed by atoms with E-state index in [1.165, 1.54) is 54.2 Å². The second-order valence-electron chi connectivity index (χ2n) is 9.00. The molecule has 1 unspecified atom stereocenters. The average molecular weight is 646 g/mol. The van der Waals surface area contributed by atoms with Gasteiger partial charge in [0.15, 0.2) is 11.4 Å². The number of benzene rings is 2. The summed E-state index contributed by atoms with van der Waals surface area (Å²) in [6.07, 6.45) is 4.37. The highest BCUT2D eigenvalue weighted by Gasteiger charge is 2.40. The van der Waals surface area contributed by atoms with Gasteiger partial charge in [0.1, 0.15) is 6.61 Å². The summed E-state index contributed by atoms with van der Waals surface area (Å²) in [5, 5.41) is 9.26. The van der Waals surface area contributed by atoms with Crippen LogP contribution in [0.3, 0.4) is 0 Å². The molecule has 2 aromatic carbocycles. The minimum atomic E-state index is -4.48. The van der Waals surface area contributed by atoms with E-state index in [-0.39, 0.29) is 40.6 Å². The Morgan fingerprint density at radius 2 is 1.50 bits per heavy atom. The number of hydrazone groups is 1. The van der Waals surface area contributed by atoms with Crippen LogP contribution in [0.15, 0.2) is 75.7 Å². The van der Waals surface area contributed by atoms with Crippen LogP contribution in [0.2, 0.25) is 0 Å². The normalized spacial score (nSPS) is 15.5. The molecule has 1 aliphatic heterocycles. The smallest absolute Gasteiger partial charge is 0.359 e. The van der Waals surface area contributed by atoms with Gasteiger partial charge in [-0.2, -0.15) is 32.0 Å². The van der Waals surface area contributed by atoms with Crippen molar-refractivity contribution in [2.24, 2.45) is 11.0 Å². The van der Waals surface area contributed by atoms with Gasteiger partial charge in [0.05, 0.1) is 33.7 Å². The molecule has 0 saturated carbocycles. The molecule has 44 heavy (non-hydrogen) atoms. The largest absolute Gasteiger partial charge is 0.461 e. The molecule has 15 nitrogen and oxygen atoms in total. The fourth-order valence-corrected chi connectivity index (χ4v) is 5.06. The number of aromatic nitrogens is 2. The molecule has 1 amide bonds. The van der Waals surface area contributed by atoms with Crippen LogP contribution >= 0.6 is 0 Å². The van der Waals surface area contributed by atoms with E-state index in [0.29, 0.717) is 5.69 Å². The second-order valence-corrected chi connectivity index (χ2v) is 11.8. The Kier molecular flexibility index (Phi) is 9.43. The van der Waals surface area contributed by atoms with Gasteiger partial charge < -0.3 is 9.47 Å². The summed E-state index contributed by atoms with van der Waals surface area (Å²) in [6, 6.07) is 9.67. The van der Waals surface area contributed by atoms with E-state index in [2.05, 4.69) is 10.2 Å². The maximum absolute atomic E-state index is 13.3. The van der Waals surface area contributed by atoms with Crippen molar-refractivity contribution < 1.29 is 49.8 Å². The molecule has 0 spiro atoms. The van der Waals surface area contributed by atoms with E-state index in [0.717, 1.165) is 35.9 Å². The van der Waals surface area contributed by atoms with Gasteiger partial charge in [0, 0.05) is 11.8 Å². The van der Waals surface area contributed by atoms with Gasteiger partial charge in [-0.25, -0.2) is 14.3 Å². The Labute approximate surface area is 251 Å². The highest BCUT2D eigenvalue weighted by Crippen LogP contribution is 2.28. The topological polar surface area (TPSA) is 212 Å². The number of ether oxygens (including phenoxy) is 2. The number of hydrogen-bond acceptors (Lipinski definition) is 11. The van der Waals surface area contributed by atoms with E-state index in [4.69, 9.17) is 9.47 Å². The highest BCUT2D eigenvalue weighted by atomic mass is 32.2. The Morgan fingerprint density at radius 1 is 0.932 bits per heavy atom. The number of esters is 2. The van der Waals surface area contributed by atoms with Crippen LogP contribution in [0.4, 0.5) is 5.69 Å². The summed E-state index contributed by atoms with van der Waals surface area (Å²) >= 11 is 0. The van der Waals surface area contributed by atoms with Gasteiger partial charge >= 0.3 is 11.9 Å². The molecule has 3 aromatic rings. The number of nitrogens with zero attached hydrogens (tertiary/aromatic N) is 4. The summed E-state index contributed by atoms with van der Waals surface area (Å²) in [6.45, 7) is 4.25. The molecule has 2 heterocycles. The first kappa shape index (κ1) is 32.2. The zero-order valence-corrected chi connectivity index (χ0v) is 24.7. The Hall–Kier alpha value is -4.71. The van der Waals surface area contributed by atoms with Crippen molar-refractivity contribution in [1.82, 2.24) is 9.78 Å². The van der Waals surface area contributed by atoms with E-state index in [1.807, 2.05) is 0 Å². The summed E-state index contributed by atoms with van der Waals surface area (Å²) in [7, 11) is -8.89. The molecule has 1 radical (unpaired) electrons. The summed E-state index contributed by atoms with van der Waals surface area (Å²) < 4.78 is 75.2. The first-order valence-electron chi connectivity index (χ1n) is 12.7. The van der Waals surface area contributed by atoms with Gasteiger partial charge in [0.25, 0.3) is 26.1 Å². The third kappa shape index (κ3) is 7.08. The number of carbonyl (C=O) groups is 3. The maximum Gasteiger partial charge on any atom is 0.359 e. The fraction of sp³-hybridized carbons (Fsp3) is 0.185. The van der Waals surface area contributed by atoms with E-state index in [1.54, 1.807) is 6.92 Å².